The molecule has 0 aliphatic carbocycles. The normalized spacial score (nSPS) is 33.1. The number of nitrogens with one attached hydrogen (secondary N) is 1. The third-order valence-corrected chi connectivity index (χ3v) is 3.45. The highest BCUT2D eigenvalue weighted by molar-refractivity contribution is 7.91. The van der Waals surface area contributed by atoms with Gasteiger partial charge in [-0.15, -0.1) is 0 Å². The van der Waals surface area contributed by atoms with Crippen LogP contribution in [0.1, 0.15) is 13.3 Å². The maximum absolute atomic E-state index is 11.0. The lowest BCUT2D eigenvalue weighted by Crippen LogP contribution is -2.26. The zero-order valence-corrected chi connectivity index (χ0v) is 6.95. The Morgan fingerprint density at radius 3 is 2.80 bits per heavy atom. The third kappa shape index (κ3) is 2.27. The summed E-state index contributed by atoms with van der Waals surface area (Å²) in [6.07, 6.45) is 0.752. The molecule has 1 aliphatic rings. The van der Waals surface area contributed by atoms with Gasteiger partial charge in [0, 0.05) is 12.6 Å². The van der Waals surface area contributed by atoms with Gasteiger partial charge in [0.2, 0.25) is 0 Å². The van der Waals surface area contributed by atoms with Crippen LogP contribution in [-0.2, 0) is 9.84 Å². The summed E-state index contributed by atoms with van der Waals surface area (Å²) >= 11 is 0. The van der Waals surface area contributed by atoms with Crippen LogP contribution in [-0.4, -0.2) is 32.5 Å². The molecule has 60 valence electrons. The Kier molecular flexibility index (Phi) is 2.31. The average Bonchev–Trinajstić information content (AvgIpc) is 1.94. The lowest BCUT2D eigenvalue weighted by Gasteiger charge is -2.05. The molecule has 1 saturated heterocycles. The van der Waals surface area contributed by atoms with Crippen LogP contribution >= 0.6 is 0 Å². The molecule has 0 spiro atoms. The summed E-state index contributed by atoms with van der Waals surface area (Å²) in [5.74, 6) is 0.651. The number of rotatable bonds is 0. The Bertz CT molecular complexity index is 198. The van der Waals surface area contributed by atoms with Crippen molar-refractivity contribution >= 4 is 9.84 Å². The summed E-state index contributed by atoms with van der Waals surface area (Å²) in [4.78, 5) is 0. The topological polar surface area (TPSA) is 46.2 Å². The molecule has 0 aromatic carbocycles. The van der Waals surface area contributed by atoms with E-state index in [1.165, 1.54) is 0 Å². The quantitative estimate of drug-likeness (QED) is 0.537. The van der Waals surface area contributed by atoms with Crippen molar-refractivity contribution in [1.82, 2.24) is 5.32 Å². The molecule has 1 atom stereocenters. The van der Waals surface area contributed by atoms with Crippen molar-refractivity contribution in [1.29, 1.82) is 0 Å². The highest BCUT2D eigenvalue weighted by Gasteiger charge is 2.16. The van der Waals surface area contributed by atoms with Crippen molar-refractivity contribution < 1.29 is 8.42 Å². The summed E-state index contributed by atoms with van der Waals surface area (Å²) < 4.78 is 22.0. The van der Waals surface area contributed by atoms with Crippen molar-refractivity contribution in [2.45, 2.75) is 19.4 Å². The summed E-state index contributed by atoms with van der Waals surface area (Å²) in [6, 6.07) is 0.359. The summed E-state index contributed by atoms with van der Waals surface area (Å²) in [7, 11) is -2.71. The lowest BCUT2D eigenvalue weighted by molar-refractivity contribution is 0.566. The standard InChI is InChI=1S/C6H13NO2S/c1-6-2-4-10(8,9)5-3-7-6/h6-7H,2-5H2,1H3/t6-/m0/s1. The molecule has 0 saturated carbocycles. The van der Waals surface area contributed by atoms with Gasteiger partial charge >= 0.3 is 0 Å². The first-order valence-corrected chi connectivity index (χ1v) is 5.36. The van der Waals surface area contributed by atoms with E-state index in [1.54, 1.807) is 0 Å². The minimum Gasteiger partial charge on any atom is -0.313 e. The molecule has 0 aromatic heterocycles. The molecule has 3 nitrogen and oxygen atoms in total. The minimum absolute atomic E-state index is 0.303. The predicted molar refractivity (Wildman–Crippen MR) is 40.7 cm³/mol. The number of hydrogen-bond donors (Lipinski definition) is 1. The van der Waals surface area contributed by atoms with E-state index < -0.39 is 9.84 Å². The van der Waals surface area contributed by atoms with E-state index >= 15 is 0 Å². The van der Waals surface area contributed by atoms with E-state index in [4.69, 9.17) is 0 Å². The van der Waals surface area contributed by atoms with Crippen LogP contribution < -0.4 is 5.32 Å². The molecule has 0 unspecified atom stereocenters. The first-order valence-electron chi connectivity index (χ1n) is 3.54. The van der Waals surface area contributed by atoms with Gasteiger partial charge in [0.05, 0.1) is 11.5 Å². The van der Waals surface area contributed by atoms with E-state index in [0.29, 0.717) is 24.1 Å². The van der Waals surface area contributed by atoms with E-state index in [2.05, 4.69) is 5.32 Å². The maximum Gasteiger partial charge on any atom is 0.151 e. The minimum atomic E-state index is -2.71. The van der Waals surface area contributed by atoms with Gasteiger partial charge in [0.1, 0.15) is 0 Å². The molecular weight excluding hydrogens is 150 g/mol. The maximum atomic E-state index is 11.0. The van der Waals surface area contributed by atoms with E-state index in [-0.39, 0.29) is 0 Å². The fourth-order valence-corrected chi connectivity index (χ4v) is 2.37. The SMILES string of the molecule is C[C@H]1CCS(=O)(=O)CCN1. The van der Waals surface area contributed by atoms with Gasteiger partial charge in [0.15, 0.2) is 9.84 Å². The van der Waals surface area contributed by atoms with Crippen LogP contribution in [0, 0.1) is 0 Å². The summed E-state index contributed by atoms with van der Waals surface area (Å²) in [5, 5.41) is 3.12. The molecule has 4 heteroatoms. The fraction of sp³-hybridized carbons (Fsp3) is 1.00. The lowest BCUT2D eigenvalue weighted by atomic mass is 10.3. The van der Waals surface area contributed by atoms with Gasteiger partial charge in [0.25, 0.3) is 0 Å². The molecule has 0 radical (unpaired) electrons. The second kappa shape index (κ2) is 2.88. The van der Waals surface area contributed by atoms with Gasteiger partial charge < -0.3 is 5.32 Å². The fourth-order valence-electron chi connectivity index (χ4n) is 1.02. The van der Waals surface area contributed by atoms with Crippen molar-refractivity contribution in [2.24, 2.45) is 0 Å². The Labute approximate surface area is 61.7 Å². The van der Waals surface area contributed by atoms with Gasteiger partial charge in [-0.25, -0.2) is 8.42 Å². The second-order valence-corrected chi connectivity index (χ2v) is 5.10. The molecule has 1 heterocycles. The Hall–Kier alpha value is -0.0900. The van der Waals surface area contributed by atoms with Crippen LogP contribution in [0.5, 0.6) is 0 Å². The summed E-state index contributed by atoms with van der Waals surface area (Å²) in [6.45, 7) is 2.63. The molecule has 0 amide bonds. The third-order valence-electron chi connectivity index (χ3n) is 1.77. The molecule has 1 N–H and O–H groups in total. The Morgan fingerprint density at radius 2 is 2.10 bits per heavy atom. The number of sulfone groups is 1. The van der Waals surface area contributed by atoms with Crippen molar-refractivity contribution in [2.75, 3.05) is 18.1 Å². The van der Waals surface area contributed by atoms with Crippen molar-refractivity contribution in [3.05, 3.63) is 0 Å². The zero-order chi connectivity index (χ0) is 7.61. The molecular formula is C6H13NO2S. The van der Waals surface area contributed by atoms with E-state index in [1.807, 2.05) is 6.92 Å². The van der Waals surface area contributed by atoms with Gasteiger partial charge in [-0.3, -0.25) is 0 Å². The van der Waals surface area contributed by atoms with E-state index in [0.717, 1.165) is 6.42 Å². The van der Waals surface area contributed by atoms with Crippen LogP contribution in [0.15, 0.2) is 0 Å². The molecule has 1 rings (SSSR count). The van der Waals surface area contributed by atoms with Crippen LogP contribution in [0.4, 0.5) is 0 Å². The monoisotopic (exact) mass is 163 g/mol. The molecule has 1 aliphatic heterocycles. The molecule has 0 aromatic rings. The summed E-state index contributed by atoms with van der Waals surface area (Å²) in [5.41, 5.74) is 0. The van der Waals surface area contributed by atoms with E-state index in [9.17, 15) is 8.42 Å². The molecule has 1 fully saturated rings. The van der Waals surface area contributed by atoms with Gasteiger partial charge in [-0.05, 0) is 13.3 Å². The first-order chi connectivity index (χ1) is 4.60. The van der Waals surface area contributed by atoms with Crippen molar-refractivity contribution in [3.63, 3.8) is 0 Å². The van der Waals surface area contributed by atoms with Crippen LogP contribution in [0.25, 0.3) is 0 Å². The Morgan fingerprint density at radius 1 is 1.40 bits per heavy atom. The average molecular weight is 163 g/mol. The smallest absolute Gasteiger partial charge is 0.151 e. The first kappa shape index (κ1) is 8.01. The van der Waals surface area contributed by atoms with Crippen LogP contribution in [0.2, 0.25) is 0 Å². The van der Waals surface area contributed by atoms with Crippen molar-refractivity contribution in [3.8, 4) is 0 Å². The molecule has 10 heavy (non-hydrogen) atoms. The highest BCUT2D eigenvalue weighted by atomic mass is 32.2. The van der Waals surface area contributed by atoms with Gasteiger partial charge in [-0.1, -0.05) is 0 Å². The zero-order valence-electron chi connectivity index (χ0n) is 6.13. The highest BCUT2D eigenvalue weighted by Crippen LogP contribution is 2.01. The second-order valence-electron chi connectivity index (χ2n) is 2.80. The Balaban J connectivity index is 2.58. The van der Waals surface area contributed by atoms with Gasteiger partial charge in [-0.2, -0.15) is 0 Å². The van der Waals surface area contributed by atoms with Crippen LogP contribution in [0.3, 0.4) is 0 Å². The predicted octanol–water partition coefficient (Wildman–Crippen LogP) is -0.217. The largest absolute Gasteiger partial charge is 0.313 e. The molecule has 0 bridgehead atoms. The number of hydrogen-bond acceptors (Lipinski definition) is 3.